The van der Waals surface area contributed by atoms with Gasteiger partial charge < -0.3 is 29.8 Å². The number of aliphatic hydroxyl groups is 2. The van der Waals surface area contributed by atoms with Gasteiger partial charge in [-0.25, -0.2) is 18.5 Å². The van der Waals surface area contributed by atoms with Gasteiger partial charge in [0.1, 0.15) is 18.3 Å². The molecule has 0 radical (unpaired) electrons. The minimum Gasteiger partial charge on any atom is -0.502 e. The van der Waals surface area contributed by atoms with Gasteiger partial charge in [-0.15, -0.1) is 0 Å². The first-order chi connectivity index (χ1) is 13.2. The van der Waals surface area contributed by atoms with Crippen molar-refractivity contribution in [1.82, 2.24) is 9.55 Å². The van der Waals surface area contributed by atoms with E-state index in [1.165, 1.54) is 0 Å². The maximum atomic E-state index is 12.2. The van der Waals surface area contributed by atoms with Crippen molar-refractivity contribution in [3.63, 3.8) is 0 Å². The zero-order valence-electron chi connectivity index (χ0n) is 13.7. The topological polar surface area (TPSA) is 253 Å². The Morgan fingerprint density at radius 1 is 1.07 bits per heavy atom. The van der Waals surface area contributed by atoms with E-state index in [4.69, 9.17) is 14.5 Å². The number of aliphatic hydroxyl groups excluding tert-OH is 2. The highest BCUT2D eigenvalue weighted by Gasteiger charge is 2.55. The highest BCUT2D eigenvalue weighted by molar-refractivity contribution is 7.74. The summed E-state index contributed by atoms with van der Waals surface area (Å²) >= 11 is 0. The van der Waals surface area contributed by atoms with Crippen molar-refractivity contribution in [3.05, 3.63) is 27.0 Å². The molecule has 0 saturated carbocycles. The van der Waals surface area contributed by atoms with Crippen LogP contribution in [-0.4, -0.2) is 59.6 Å². The summed E-state index contributed by atoms with van der Waals surface area (Å²) in [5, 5.41) is 29.5. The number of nitrogens with one attached hydrogen (secondary N) is 1. The maximum absolute atomic E-state index is 12.2. The second-order valence-corrected chi connectivity index (χ2v) is 10.6. The van der Waals surface area contributed by atoms with Crippen LogP contribution in [0.4, 0.5) is 0 Å². The van der Waals surface area contributed by atoms with Gasteiger partial charge in [0.05, 0.1) is 12.8 Å². The van der Waals surface area contributed by atoms with Gasteiger partial charge in [0.2, 0.25) is 0 Å². The molecule has 0 aliphatic carbocycles. The number of hydrogen-bond donors (Lipinski definition) is 6. The van der Waals surface area contributed by atoms with E-state index in [0.29, 0.717) is 10.8 Å². The van der Waals surface area contributed by atoms with Crippen LogP contribution in [0, 0.1) is 0 Å². The zero-order valence-corrected chi connectivity index (χ0v) is 16.4. The Morgan fingerprint density at radius 3 is 2.24 bits per heavy atom. The molecule has 1 aromatic heterocycles. The van der Waals surface area contributed by atoms with Gasteiger partial charge in [-0.1, -0.05) is 0 Å². The van der Waals surface area contributed by atoms with Crippen LogP contribution >= 0.6 is 23.5 Å². The molecule has 17 nitrogen and oxygen atoms in total. The van der Waals surface area contributed by atoms with Crippen molar-refractivity contribution < 1.29 is 61.0 Å². The SMILES string of the molecule is O=c1[nH]c(=O)n([C@@H]2O[C@H](COP3(=O)OP(=O)(O)OP(=O)(O)O3)[C@H](O)[C@@H]2O)cc1O. The molecule has 2 saturated heterocycles. The number of aromatic hydroxyl groups is 1. The van der Waals surface area contributed by atoms with Crippen LogP contribution in [0.2, 0.25) is 0 Å². The first kappa shape index (κ1) is 22.5. The summed E-state index contributed by atoms with van der Waals surface area (Å²) in [7, 11) is -15.7. The first-order valence-electron chi connectivity index (χ1n) is 7.32. The van der Waals surface area contributed by atoms with E-state index in [0.717, 1.165) is 0 Å². The first-order valence-corrected chi connectivity index (χ1v) is 11.8. The van der Waals surface area contributed by atoms with Gasteiger partial charge >= 0.3 is 29.2 Å². The molecule has 3 heterocycles. The van der Waals surface area contributed by atoms with Crippen LogP contribution in [0.1, 0.15) is 6.23 Å². The van der Waals surface area contributed by atoms with Crippen LogP contribution in [0.5, 0.6) is 5.75 Å². The predicted molar refractivity (Wildman–Crippen MR) is 85.4 cm³/mol. The third-order valence-corrected chi connectivity index (χ3v) is 8.94. The van der Waals surface area contributed by atoms with Crippen molar-refractivity contribution in [2.45, 2.75) is 24.5 Å². The summed E-state index contributed by atoms with van der Waals surface area (Å²) in [5.74, 6) is -0.902. The molecule has 1 aromatic rings. The minimum absolute atomic E-state index is 0.540. The lowest BCUT2D eigenvalue weighted by Crippen LogP contribution is -2.37. The molecule has 164 valence electrons. The Balaban J connectivity index is 1.76. The molecule has 0 amide bonds. The van der Waals surface area contributed by atoms with Crippen LogP contribution in [0.3, 0.4) is 0 Å². The van der Waals surface area contributed by atoms with Gasteiger partial charge in [0.25, 0.3) is 5.56 Å². The molecular weight excluding hydrogens is 469 g/mol. The molecule has 3 rings (SSSR count). The van der Waals surface area contributed by atoms with Gasteiger partial charge in [-0.05, 0) is 0 Å². The third kappa shape index (κ3) is 4.77. The average Bonchev–Trinajstić information content (AvgIpc) is 2.81. The molecular formula is C9H13N2O15P3. The highest BCUT2D eigenvalue weighted by Crippen LogP contribution is 2.80. The summed E-state index contributed by atoms with van der Waals surface area (Å²) in [6, 6.07) is 0. The normalized spacial score (nSPS) is 42.8. The summed E-state index contributed by atoms with van der Waals surface area (Å²) in [6.07, 6.45) is -6.23. The third-order valence-electron chi connectivity index (χ3n) is 3.57. The van der Waals surface area contributed by atoms with Crippen LogP contribution < -0.4 is 11.2 Å². The summed E-state index contributed by atoms with van der Waals surface area (Å²) < 4.78 is 56.9. The lowest BCUT2D eigenvalue weighted by atomic mass is 10.1. The molecule has 29 heavy (non-hydrogen) atoms. The monoisotopic (exact) mass is 482 g/mol. The van der Waals surface area contributed by atoms with E-state index in [-0.39, 0.29) is 0 Å². The Kier molecular flexibility index (Phi) is 5.81. The fourth-order valence-corrected chi connectivity index (χ4v) is 7.33. The number of ether oxygens (including phenoxy) is 1. The van der Waals surface area contributed by atoms with Crippen molar-refractivity contribution in [1.29, 1.82) is 0 Å². The number of phosphoric acid groups is 3. The van der Waals surface area contributed by atoms with E-state index in [2.05, 4.69) is 17.5 Å². The van der Waals surface area contributed by atoms with Crippen LogP contribution in [0.25, 0.3) is 0 Å². The average molecular weight is 482 g/mol. The molecule has 6 atom stereocenters. The number of hydrogen-bond acceptors (Lipinski definition) is 13. The summed E-state index contributed by atoms with van der Waals surface area (Å²) in [5.41, 5.74) is -2.23. The Hall–Kier alpha value is -1.19. The fourth-order valence-electron chi connectivity index (χ4n) is 2.40. The van der Waals surface area contributed by atoms with Gasteiger partial charge in [0.15, 0.2) is 12.0 Å². The second kappa shape index (κ2) is 7.50. The maximum Gasteiger partial charge on any atom is 0.492 e. The number of H-pyrrole nitrogens is 1. The molecule has 0 bridgehead atoms. The zero-order chi connectivity index (χ0) is 21.8. The lowest BCUT2D eigenvalue weighted by Gasteiger charge is -2.27. The standard InChI is InChI=1S/C9H13N2O15P3/c12-3-1-11(9(16)10-7(3)15)8-6(14)5(13)4(23-8)2-22-29(21)25-27(17,18)24-28(19,20)26-29/h1,4-6,8,12-14H,2H2,(H,17,18)(H,19,20)(H,10,15,16)/t4-,5+,6+,8-/m1/s1. The quantitative estimate of drug-likeness (QED) is 0.260. The molecule has 2 fully saturated rings. The van der Waals surface area contributed by atoms with E-state index in [9.17, 15) is 38.6 Å². The molecule has 6 N–H and O–H groups in total. The molecule has 2 aliphatic rings. The van der Waals surface area contributed by atoms with Crippen molar-refractivity contribution >= 4 is 23.5 Å². The summed E-state index contributed by atoms with van der Waals surface area (Å²) in [6.45, 7) is -0.990. The largest absolute Gasteiger partial charge is 0.502 e. The minimum atomic E-state index is -5.28. The molecule has 2 unspecified atom stereocenters. The van der Waals surface area contributed by atoms with Crippen molar-refractivity contribution in [2.24, 2.45) is 0 Å². The summed E-state index contributed by atoms with van der Waals surface area (Å²) in [4.78, 5) is 43.0. The van der Waals surface area contributed by atoms with Gasteiger partial charge in [0, 0.05) is 0 Å². The van der Waals surface area contributed by atoms with Gasteiger partial charge in [-0.2, -0.15) is 12.9 Å². The van der Waals surface area contributed by atoms with Gasteiger partial charge in [-0.3, -0.25) is 18.9 Å². The predicted octanol–water partition coefficient (Wildman–Crippen LogP) is -1.75. The highest BCUT2D eigenvalue weighted by atomic mass is 31.3. The lowest BCUT2D eigenvalue weighted by molar-refractivity contribution is -0.0547. The second-order valence-electron chi connectivity index (χ2n) is 5.65. The molecule has 0 aromatic carbocycles. The fraction of sp³-hybridized carbons (Fsp3) is 0.556. The van der Waals surface area contributed by atoms with Crippen molar-refractivity contribution in [2.75, 3.05) is 6.61 Å². The smallest absolute Gasteiger partial charge is 0.492 e. The number of aromatic nitrogens is 2. The van der Waals surface area contributed by atoms with E-state index in [1.807, 2.05) is 0 Å². The Morgan fingerprint density at radius 2 is 1.66 bits per heavy atom. The van der Waals surface area contributed by atoms with E-state index in [1.54, 1.807) is 4.98 Å². The number of aromatic amines is 1. The van der Waals surface area contributed by atoms with Crippen LogP contribution in [-0.2, 0) is 35.9 Å². The molecule has 20 heteroatoms. The Labute approximate surface area is 158 Å². The molecule has 0 spiro atoms. The number of nitrogens with zero attached hydrogens (tertiary/aromatic N) is 1. The van der Waals surface area contributed by atoms with E-state index >= 15 is 0 Å². The molecule has 2 aliphatic heterocycles. The van der Waals surface area contributed by atoms with E-state index < -0.39 is 71.6 Å². The number of rotatable bonds is 4. The Bertz CT molecular complexity index is 1040. The van der Waals surface area contributed by atoms with Crippen molar-refractivity contribution in [3.8, 4) is 5.75 Å². The van der Waals surface area contributed by atoms with Crippen LogP contribution in [0.15, 0.2) is 15.8 Å².